The maximum absolute atomic E-state index is 12.7. The van der Waals surface area contributed by atoms with Gasteiger partial charge in [0.1, 0.15) is 5.69 Å². The molecule has 186 valence electrons. The van der Waals surface area contributed by atoms with Crippen molar-refractivity contribution in [3.8, 4) is 11.3 Å². The number of halogens is 2. The van der Waals surface area contributed by atoms with Crippen molar-refractivity contribution in [2.75, 3.05) is 25.0 Å². The normalized spacial score (nSPS) is 17.6. The molecule has 0 radical (unpaired) electrons. The van der Waals surface area contributed by atoms with Crippen LogP contribution in [0, 0.1) is 6.92 Å². The minimum atomic E-state index is -2.36. The number of nitrogens with one attached hydrogen (secondary N) is 2. The summed E-state index contributed by atoms with van der Waals surface area (Å²) >= 11 is 0. The van der Waals surface area contributed by atoms with Crippen LogP contribution in [-0.4, -0.2) is 63.1 Å². The Hall–Kier alpha value is -3.85. The van der Waals surface area contributed by atoms with Crippen molar-refractivity contribution in [3.63, 3.8) is 0 Å². The number of urea groups is 1. The zero-order valence-electron chi connectivity index (χ0n) is 20.0. The van der Waals surface area contributed by atoms with Gasteiger partial charge in [-0.05, 0) is 43.2 Å². The van der Waals surface area contributed by atoms with E-state index < -0.39 is 6.43 Å². The van der Waals surface area contributed by atoms with E-state index in [9.17, 15) is 13.6 Å². The number of pyridine rings is 1. The molecule has 1 fully saturated rings. The smallest absolute Gasteiger partial charge is 0.316 e. The molecule has 7 nitrogen and oxygen atoms in total. The van der Waals surface area contributed by atoms with Gasteiger partial charge in [-0.1, -0.05) is 36.4 Å². The predicted octanol–water partition coefficient (Wildman–Crippen LogP) is 5.31. The lowest BCUT2D eigenvalue weighted by Crippen LogP contribution is -2.46. The first-order valence-corrected chi connectivity index (χ1v) is 12.0. The molecule has 0 aliphatic carbocycles. The fraction of sp³-hybridized carbons (Fsp3) is 0.296. The third kappa shape index (κ3) is 5.21. The molecule has 0 bridgehead atoms. The number of rotatable bonds is 4. The molecule has 2 aliphatic rings. The van der Waals surface area contributed by atoms with E-state index >= 15 is 0 Å². The fourth-order valence-electron chi connectivity index (χ4n) is 4.82. The third-order valence-corrected chi connectivity index (χ3v) is 6.55. The van der Waals surface area contributed by atoms with Gasteiger partial charge in [0.15, 0.2) is 0 Å². The largest absolute Gasteiger partial charge is 0.322 e. The minimum Gasteiger partial charge on any atom is -0.316 e. The van der Waals surface area contributed by atoms with Crippen LogP contribution in [0.25, 0.3) is 22.2 Å². The van der Waals surface area contributed by atoms with Gasteiger partial charge in [-0.15, -0.1) is 0 Å². The summed E-state index contributed by atoms with van der Waals surface area (Å²) in [6, 6.07) is 19.6. The van der Waals surface area contributed by atoms with Gasteiger partial charge < -0.3 is 10.2 Å². The molecule has 1 saturated heterocycles. The number of nitrogens with zero attached hydrogens (tertiary/aromatic N) is 4. The molecule has 0 saturated carbocycles. The van der Waals surface area contributed by atoms with Gasteiger partial charge in [-0.2, -0.15) is 5.10 Å². The van der Waals surface area contributed by atoms with Crippen molar-refractivity contribution in [3.05, 3.63) is 78.1 Å². The van der Waals surface area contributed by atoms with E-state index in [0.717, 1.165) is 39.1 Å². The van der Waals surface area contributed by atoms with E-state index in [2.05, 4.69) is 26.6 Å². The topological polar surface area (TPSA) is 77.2 Å². The average Bonchev–Trinajstić information content (AvgIpc) is 3.50. The Balaban J connectivity index is 0.000000391. The number of hydrogen-bond acceptors (Lipinski definition) is 4. The van der Waals surface area contributed by atoms with Crippen molar-refractivity contribution in [2.45, 2.75) is 32.4 Å². The number of aromatic nitrogens is 3. The maximum atomic E-state index is 12.7. The zero-order chi connectivity index (χ0) is 25.1. The van der Waals surface area contributed by atoms with Gasteiger partial charge >= 0.3 is 6.03 Å². The molecule has 2 N–H and O–H groups in total. The van der Waals surface area contributed by atoms with Crippen LogP contribution in [0.3, 0.4) is 0 Å². The van der Waals surface area contributed by atoms with Crippen molar-refractivity contribution in [1.82, 2.24) is 25.0 Å². The van der Waals surface area contributed by atoms with Crippen LogP contribution < -0.4 is 5.32 Å². The highest BCUT2D eigenvalue weighted by Crippen LogP contribution is 2.34. The van der Waals surface area contributed by atoms with Crippen molar-refractivity contribution >= 4 is 22.6 Å². The number of carbonyl (C=O) groups is 1. The van der Waals surface area contributed by atoms with Gasteiger partial charge in [0.25, 0.3) is 6.43 Å². The van der Waals surface area contributed by atoms with E-state index in [1.54, 1.807) is 16.0 Å². The van der Waals surface area contributed by atoms with Gasteiger partial charge in [-0.3, -0.25) is 15.0 Å². The molecule has 0 spiro atoms. The zero-order valence-corrected chi connectivity index (χ0v) is 20.0. The number of anilines is 1. The number of aryl methyl sites for hydroxylation is 1. The van der Waals surface area contributed by atoms with Crippen LogP contribution in [0.4, 0.5) is 19.3 Å². The Morgan fingerprint density at radius 3 is 2.56 bits per heavy atom. The molecule has 1 atom stereocenters. The Bertz CT molecular complexity index is 1320. The summed E-state index contributed by atoms with van der Waals surface area (Å²) in [6.07, 6.45) is 0.103. The van der Waals surface area contributed by atoms with Crippen LogP contribution >= 0.6 is 0 Å². The summed E-state index contributed by atoms with van der Waals surface area (Å²) in [5.74, 6) is 0. The lowest BCUT2D eigenvalue weighted by molar-refractivity contribution is 0.0955. The van der Waals surface area contributed by atoms with Crippen LogP contribution in [0.15, 0.2) is 66.9 Å². The van der Waals surface area contributed by atoms with Gasteiger partial charge in [0.2, 0.25) is 0 Å². The molecule has 1 unspecified atom stereocenters. The molecule has 9 heteroatoms. The van der Waals surface area contributed by atoms with E-state index in [0.29, 0.717) is 26.1 Å². The number of likely N-dealkylation sites (tertiary alicyclic amines) is 1. The fourth-order valence-corrected chi connectivity index (χ4v) is 4.82. The average molecular weight is 491 g/mol. The number of carbonyl (C=O) groups excluding carboxylic acids is 1. The van der Waals surface area contributed by atoms with Crippen LogP contribution in [-0.2, 0) is 6.54 Å². The third-order valence-electron chi connectivity index (χ3n) is 6.55. The minimum absolute atomic E-state index is 0.0701. The second-order valence-electron chi connectivity index (χ2n) is 9.12. The van der Waals surface area contributed by atoms with E-state index in [1.807, 2.05) is 61.5 Å². The predicted molar refractivity (Wildman–Crippen MR) is 136 cm³/mol. The number of fused-ring (bicyclic) bond motifs is 2. The van der Waals surface area contributed by atoms with Crippen molar-refractivity contribution in [1.29, 1.82) is 0 Å². The number of aromatic amines is 1. The Morgan fingerprint density at radius 2 is 1.86 bits per heavy atom. The number of hydrogen-bond donors (Lipinski definition) is 2. The monoisotopic (exact) mass is 490 g/mol. The number of H-pyrrole nitrogens is 1. The van der Waals surface area contributed by atoms with Crippen molar-refractivity contribution in [2.24, 2.45) is 0 Å². The molecule has 2 amide bonds. The summed E-state index contributed by atoms with van der Waals surface area (Å²) in [6.45, 7) is 3.20. The standard InChI is InChI=1S/C21H22F2N6O.C6H6/c1-12-6-13(2-4-24-12)20-16-7-14-9-29(15-3-5-28(10-15)11-19(22)23)21(30)25-17(14)8-18(16)26-27-20;1-2-4-6-5-3-1/h2,4,6-8,15,19H,3,5,9-11H2,1H3,(H,25,30)(H,26,27);1-6H. The highest BCUT2D eigenvalue weighted by molar-refractivity contribution is 6.00. The first kappa shape index (κ1) is 23.9. The van der Waals surface area contributed by atoms with E-state index in [1.165, 1.54) is 0 Å². The second-order valence-corrected chi connectivity index (χ2v) is 9.12. The van der Waals surface area contributed by atoms with Crippen molar-refractivity contribution < 1.29 is 13.6 Å². The second kappa shape index (κ2) is 10.4. The molecule has 4 heterocycles. The summed E-state index contributed by atoms with van der Waals surface area (Å²) in [5.41, 5.74) is 5.32. The first-order chi connectivity index (χ1) is 17.5. The Kier molecular flexibility index (Phi) is 6.90. The molecular formula is C27H28F2N6O. The summed E-state index contributed by atoms with van der Waals surface area (Å²) in [4.78, 5) is 20.4. The maximum Gasteiger partial charge on any atom is 0.322 e. The molecule has 36 heavy (non-hydrogen) atoms. The quantitative estimate of drug-likeness (QED) is 0.407. The van der Waals surface area contributed by atoms with E-state index in [4.69, 9.17) is 0 Å². The highest BCUT2D eigenvalue weighted by Gasteiger charge is 2.34. The summed E-state index contributed by atoms with van der Waals surface area (Å²) in [5, 5.41) is 11.5. The Labute approximate surface area is 208 Å². The van der Waals surface area contributed by atoms with Crippen LogP contribution in [0.1, 0.15) is 17.7 Å². The lowest BCUT2D eigenvalue weighted by Gasteiger charge is -2.34. The number of alkyl halides is 2. The van der Waals surface area contributed by atoms with Gasteiger partial charge in [-0.25, -0.2) is 13.6 Å². The van der Waals surface area contributed by atoms with Crippen LogP contribution in [0.2, 0.25) is 0 Å². The number of benzene rings is 2. The lowest BCUT2D eigenvalue weighted by atomic mass is 10.0. The van der Waals surface area contributed by atoms with E-state index in [-0.39, 0.29) is 18.6 Å². The molecule has 6 rings (SSSR count). The Morgan fingerprint density at radius 1 is 1.11 bits per heavy atom. The first-order valence-electron chi connectivity index (χ1n) is 12.0. The SMILES string of the molecule is Cc1cc(-c2n[nH]c3cc4c(cc23)CN(C2CCN(CC(F)F)C2)C(=O)N4)ccn1.c1ccccc1. The highest BCUT2D eigenvalue weighted by atomic mass is 19.3. The molecule has 2 aromatic carbocycles. The van der Waals surface area contributed by atoms with Gasteiger partial charge in [0.05, 0.1) is 12.1 Å². The van der Waals surface area contributed by atoms with Gasteiger partial charge in [0, 0.05) is 54.2 Å². The molecule has 4 aromatic rings. The summed E-state index contributed by atoms with van der Waals surface area (Å²) in [7, 11) is 0. The van der Waals surface area contributed by atoms with Crippen LogP contribution in [0.5, 0.6) is 0 Å². The molecule has 2 aliphatic heterocycles. The summed E-state index contributed by atoms with van der Waals surface area (Å²) < 4.78 is 25.4. The molecule has 2 aromatic heterocycles. The molecular weight excluding hydrogens is 462 g/mol. The number of amides is 2.